The van der Waals surface area contributed by atoms with Crippen LogP contribution in [0.15, 0.2) is 30.3 Å². The number of carbonyl (C=O) groups excluding carboxylic acids is 2. The Morgan fingerprint density at radius 1 is 1.27 bits per heavy atom. The normalized spacial score (nSPS) is 17.9. The van der Waals surface area contributed by atoms with E-state index in [0.29, 0.717) is 13.1 Å². The Bertz CT molecular complexity index is 491. The van der Waals surface area contributed by atoms with Crippen LogP contribution in [-0.2, 0) is 25.6 Å². The molecule has 0 aromatic heterocycles. The molecule has 6 nitrogen and oxygen atoms in total. The third kappa shape index (κ3) is 5.04. The minimum atomic E-state index is -0.413. The average Bonchev–Trinajstić information content (AvgIpc) is 2.58. The fraction of sp³-hybridized carbons (Fsp3) is 0.500. The average molecular weight is 307 g/mol. The topological polar surface area (TPSA) is 65.1 Å². The number of carbonyl (C=O) groups is 2. The summed E-state index contributed by atoms with van der Waals surface area (Å²) in [6.07, 6.45) is 1.14. The maximum Gasteiger partial charge on any atom is 0.410 e. The Labute approximate surface area is 129 Å². The molecule has 1 unspecified atom stereocenters. The van der Waals surface area contributed by atoms with Crippen molar-refractivity contribution in [2.24, 2.45) is 0 Å². The van der Waals surface area contributed by atoms with Gasteiger partial charge >= 0.3 is 12.1 Å². The molecule has 22 heavy (non-hydrogen) atoms. The molecule has 6 heteroatoms. The Kier molecular flexibility index (Phi) is 6.21. The van der Waals surface area contributed by atoms with Crippen molar-refractivity contribution in [3.05, 3.63) is 35.9 Å². The third-order valence-corrected chi connectivity index (χ3v) is 3.51. The first-order valence-electron chi connectivity index (χ1n) is 7.33. The van der Waals surface area contributed by atoms with E-state index in [1.54, 1.807) is 4.90 Å². The smallest absolute Gasteiger partial charge is 0.410 e. The second-order valence-corrected chi connectivity index (χ2v) is 5.14. The van der Waals surface area contributed by atoms with Crippen molar-refractivity contribution in [2.75, 3.05) is 26.8 Å². The summed E-state index contributed by atoms with van der Waals surface area (Å²) in [4.78, 5) is 24.8. The summed E-state index contributed by atoms with van der Waals surface area (Å²) in [5.74, 6) is -0.413. The summed E-state index contributed by atoms with van der Waals surface area (Å²) >= 11 is 0. The third-order valence-electron chi connectivity index (χ3n) is 3.51. The molecule has 1 atom stereocenters. The van der Waals surface area contributed by atoms with Crippen molar-refractivity contribution in [2.45, 2.75) is 25.6 Å². The van der Waals surface area contributed by atoms with Crippen LogP contribution < -0.4 is 0 Å². The summed E-state index contributed by atoms with van der Waals surface area (Å²) in [7, 11) is 1.32. The number of likely N-dealkylation sites (tertiary alicyclic amines) is 1. The van der Waals surface area contributed by atoms with Gasteiger partial charge < -0.3 is 19.1 Å². The fourth-order valence-electron chi connectivity index (χ4n) is 2.30. The lowest BCUT2D eigenvalue weighted by Gasteiger charge is -2.31. The summed E-state index contributed by atoms with van der Waals surface area (Å²) in [6.45, 7) is 1.24. The van der Waals surface area contributed by atoms with Gasteiger partial charge in [-0.1, -0.05) is 30.3 Å². The molecule has 1 heterocycles. The van der Waals surface area contributed by atoms with Crippen molar-refractivity contribution in [3.63, 3.8) is 0 Å². The molecule has 2 rings (SSSR count). The lowest BCUT2D eigenvalue weighted by atomic mass is 10.1. The van der Waals surface area contributed by atoms with Gasteiger partial charge in [-0.15, -0.1) is 0 Å². The van der Waals surface area contributed by atoms with E-state index in [1.165, 1.54) is 7.11 Å². The van der Waals surface area contributed by atoms with Gasteiger partial charge in [-0.2, -0.15) is 0 Å². The van der Waals surface area contributed by atoms with Gasteiger partial charge in [-0.05, 0) is 18.4 Å². The molecule has 0 saturated carbocycles. The predicted octanol–water partition coefficient (Wildman–Crippen LogP) is 1.98. The molecule has 1 fully saturated rings. The van der Waals surface area contributed by atoms with Crippen LogP contribution >= 0.6 is 0 Å². The Morgan fingerprint density at radius 2 is 2.05 bits per heavy atom. The minimum absolute atomic E-state index is 0.0892. The molecule has 0 aliphatic carbocycles. The van der Waals surface area contributed by atoms with Gasteiger partial charge in [0.25, 0.3) is 0 Å². The van der Waals surface area contributed by atoms with Crippen LogP contribution in [0.1, 0.15) is 18.4 Å². The molecule has 0 radical (unpaired) electrons. The Morgan fingerprint density at radius 3 is 2.77 bits per heavy atom. The number of esters is 1. The zero-order valence-corrected chi connectivity index (χ0v) is 12.7. The lowest BCUT2D eigenvalue weighted by molar-refractivity contribution is -0.148. The Balaban J connectivity index is 1.76. The highest BCUT2D eigenvalue weighted by molar-refractivity contribution is 5.70. The van der Waals surface area contributed by atoms with Gasteiger partial charge in [-0.25, -0.2) is 9.59 Å². The van der Waals surface area contributed by atoms with Crippen LogP contribution in [0.2, 0.25) is 0 Å². The van der Waals surface area contributed by atoms with Crippen LogP contribution in [0.3, 0.4) is 0 Å². The zero-order chi connectivity index (χ0) is 15.8. The van der Waals surface area contributed by atoms with E-state index >= 15 is 0 Å². The van der Waals surface area contributed by atoms with E-state index in [-0.39, 0.29) is 25.4 Å². The number of hydrogen-bond donors (Lipinski definition) is 0. The largest absolute Gasteiger partial charge is 0.467 e. The van der Waals surface area contributed by atoms with E-state index in [9.17, 15) is 9.59 Å². The fourth-order valence-corrected chi connectivity index (χ4v) is 2.30. The van der Waals surface area contributed by atoms with Gasteiger partial charge in [0.05, 0.1) is 19.8 Å². The standard InChI is InChI=1S/C16H21NO5/c1-20-15(18)12-21-14-8-5-9-17(10-14)16(19)22-11-13-6-3-2-4-7-13/h2-4,6-7,14H,5,8-12H2,1H3. The summed E-state index contributed by atoms with van der Waals surface area (Å²) in [5, 5.41) is 0. The Hall–Kier alpha value is -2.08. The van der Waals surface area contributed by atoms with E-state index in [2.05, 4.69) is 4.74 Å². The molecule has 0 spiro atoms. The molecule has 0 bridgehead atoms. The number of hydrogen-bond acceptors (Lipinski definition) is 5. The lowest BCUT2D eigenvalue weighted by Crippen LogP contribution is -2.43. The number of rotatable bonds is 5. The first-order valence-corrected chi connectivity index (χ1v) is 7.33. The van der Waals surface area contributed by atoms with Crippen LogP contribution in [0.4, 0.5) is 4.79 Å². The van der Waals surface area contributed by atoms with Crippen LogP contribution in [0, 0.1) is 0 Å². The minimum Gasteiger partial charge on any atom is -0.467 e. The molecule has 1 aliphatic rings. The van der Waals surface area contributed by atoms with Gasteiger partial charge in [0.1, 0.15) is 13.2 Å². The zero-order valence-electron chi connectivity index (χ0n) is 12.7. The number of nitrogens with zero attached hydrogens (tertiary/aromatic N) is 1. The first kappa shape index (κ1) is 16.3. The van der Waals surface area contributed by atoms with E-state index in [0.717, 1.165) is 18.4 Å². The summed E-state index contributed by atoms with van der Waals surface area (Å²) in [5.41, 5.74) is 0.950. The van der Waals surface area contributed by atoms with E-state index in [4.69, 9.17) is 9.47 Å². The SMILES string of the molecule is COC(=O)COC1CCCN(C(=O)OCc2ccccc2)C1. The summed E-state index contributed by atoms with van der Waals surface area (Å²) in [6, 6.07) is 9.54. The highest BCUT2D eigenvalue weighted by atomic mass is 16.6. The van der Waals surface area contributed by atoms with Gasteiger partial charge in [0, 0.05) is 6.54 Å². The molecular weight excluding hydrogens is 286 g/mol. The maximum absolute atomic E-state index is 12.1. The highest BCUT2D eigenvalue weighted by Crippen LogP contribution is 2.15. The van der Waals surface area contributed by atoms with Crippen molar-refractivity contribution in [3.8, 4) is 0 Å². The first-order chi connectivity index (χ1) is 10.7. The second-order valence-electron chi connectivity index (χ2n) is 5.14. The van der Waals surface area contributed by atoms with E-state index < -0.39 is 5.97 Å². The van der Waals surface area contributed by atoms with Gasteiger partial charge in [0.15, 0.2) is 0 Å². The molecule has 1 aromatic rings. The van der Waals surface area contributed by atoms with Crippen molar-refractivity contribution >= 4 is 12.1 Å². The number of methoxy groups -OCH3 is 1. The van der Waals surface area contributed by atoms with Gasteiger partial charge in [-0.3, -0.25) is 0 Å². The number of piperidine rings is 1. The van der Waals surface area contributed by atoms with Crippen molar-refractivity contribution < 1.29 is 23.8 Å². The summed E-state index contributed by atoms with van der Waals surface area (Å²) < 4.78 is 15.3. The van der Waals surface area contributed by atoms with E-state index in [1.807, 2.05) is 30.3 Å². The van der Waals surface area contributed by atoms with Crippen LogP contribution in [0.5, 0.6) is 0 Å². The van der Waals surface area contributed by atoms with Crippen molar-refractivity contribution in [1.82, 2.24) is 4.90 Å². The number of benzene rings is 1. The highest BCUT2D eigenvalue weighted by Gasteiger charge is 2.25. The molecule has 120 valence electrons. The van der Waals surface area contributed by atoms with Gasteiger partial charge in [0.2, 0.25) is 0 Å². The molecule has 1 aromatic carbocycles. The molecule has 1 saturated heterocycles. The van der Waals surface area contributed by atoms with Crippen LogP contribution in [0.25, 0.3) is 0 Å². The number of ether oxygens (including phenoxy) is 3. The number of amides is 1. The molecule has 1 aliphatic heterocycles. The van der Waals surface area contributed by atoms with Crippen LogP contribution in [-0.4, -0.2) is 49.9 Å². The second kappa shape index (κ2) is 8.38. The molecule has 0 N–H and O–H groups in total. The van der Waals surface area contributed by atoms with Crippen molar-refractivity contribution in [1.29, 1.82) is 0 Å². The molecular formula is C16H21NO5. The predicted molar refractivity (Wildman–Crippen MR) is 79.2 cm³/mol. The monoisotopic (exact) mass is 307 g/mol. The quantitative estimate of drug-likeness (QED) is 0.778. The molecule has 1 amide bonds. The maximum atomic E-state index is 12.1.